The fraction of sp³-hybridized carbons (Fsp3) is 0.143. The number of rotatable bonds is 3. The first-order chi connectivity index (χ1) is 9.36. The van der Waals surface area contributed by atoms with Crippen LogP contribution in [0.15, 0.2) is 42.5 Å². The molecule has 0 aliphatic heterocycles. The molecule has 0 fully saturated rings. The summed E-state index contributed by atoms with van der Waals surface area (Å²) in [5.41, 5.74) is 4.89. The third-order valence-corrected chi connectivity index (χ3v) is 2.90. The zero-order chi connectivity index (χ0) is 14.8. The summed E-state index contributed by atoms with van der Waals surface area (Å²) in [6, 6.07) is 10.3. The number of hydrogen-bond acceptors (Lipinski definition) is 2. The van der Waals surface area contributed by atoms with E-state index in [2.05, 4.69) is 0 Å². The Balaban J connectivity index is 2.12. The van der Waals surface area contributed by atoms with Gasteiger partial charge in [-0.2, -0.15) is 13.2 Å². The Kier molecular flexibility index (Phi) is 4.09. The van der Waals surface area contributed by atoms with Gasteiger partial charge in [-0.1, -0.05) is 23.7 Å². The summed E-state index contributed by atoms with van der Waals surface area (Å²) in [6.07, 6.45) is -4.50. The van der Waals surface area contributed by atoms with Crippen LogP contribution in [0.25, 0.3) is 0 Å². The standard InChI is InChI=1S/C14H11ClF3NO/c15-10-3-1-9(2-4-10)8-20-11-5-6-13(19)12(7-11)14(16,17)18/h1-7H,8,19H2. The van der Waals surface area contributed by atoms with E-state index in [1.807, 2.05) is 0 Å². The van der Waals surface area contributed by atoms with Crippen LogP contribution >= 0.6 is 11.6 Å². The van der Waals surface area contributed by atoms with Gasteiger partial charge in [0.2, 0.25) is 0 Å². The second kappa shape index (κ2) is 5.63. The minimum Gasteiger partial charge on any atom is -0.489 e. The summed E-state index contributed by atoms with van der Waals surface area (Å²) in [5.74, 6) is 0.112. The smallest absolute Gasteiger partial charge is 0.418 e. The summed E-state index contributed by atoms with van der Waals surface area (Å²) in [5, 5.41) is 0.584. The van der Waals surface area contributed by atoms with Gasteiger partial charge < -0.3 is 10.5 Å². The van der Waals surface area contributed by atoms with Crippen LogP contribution in [-0.2, 0) is 12.8 Å². The van der Waals surface area contributed by atoms with Crippen LogP contribution in [0.2, 0.25) is 5.02 Å². The number of nitrogens with two attached hydrogens (primary N) is 1. The topological polar surface area (TPSA) is 35.2 Å². The fourth-order valence-electron chi connectivity index (χ4n) is 1.62. The van der Waals surface area contributed by atoms with Crippen LogP contribution < -0.4 is 10.5 Å². The fourth-order valence-corrected chi connectivity index (χ4v) is 1.74. The molecule has 0 amide bonds. The molecule has 2 aromatic rings. The van der Waals surface area contributed by atoms with Crippen molar-refractivity contribution < 1.29 is 17.9 Å². The van der Waals surface area contributed by atoms with Crippen molar-refractivity contribution in [2.75, 3.05) is 5.73 Å². The molecule has 0 saturated carbocycles. The first-order valence-corrected chi connectivity index (χ1v) is 6.08. The molecular weight excluding hydrogens is 291 g/mol. The predicted molar refractivity (Wildman–Crippen MR) is 71.6 cm³/mol. The van der Waals surface area contributed by atoms with Gasteiger partial charge in [-0.25, -0.2) is 0 Å². The number of ether oxygens (including phenoxy) is 1. The number of nitrogen functional groups attached to an aromatic ring is 1. The largest absolute Gasteiger partial charge is 0.489 e. The molecule has 0 spiro atoms. The first-order valence-electron chi connectivity index (χ1n) is 5.70. The van der Waals surface area contributed by atoms with Gasteiger partial charge in [0.05, 0.1) is 5.56 Å². The lowest BCUT2D eigenvalue weighted by Gasteiger charge is -2.12. The van der Waals surface area contributed by atoms with Crippen molar-refractivity contribution >= 4 is 17.3 Å². The Bertz CT molecular complexity index is 596. The second-order valence-corrected chi connectivity index (χ2v) is 4.60. The lowest BCUT2D eigenvalue weighted by molar-refractivity contribution is -0.137. The van der Waals surface area contributed by atoms with Gasteiger partial charge in [0, 0.05) is 10.7 Å². The van der Waals surface area contributed by atoms with E-state index in [1.165, 1.54) is 12.1 Å². The Hall–Kier alpha value is -1.88. The average molecular weight is 302 g/mol. The van der Waals surface area contributed by atoms with Gasteiger partial charge in [0.15, 0.2) is 0 Å². The van der Waals surface area contributed by atoms with E-state index in [-0.39, 0.29) is 18.0 Å². The molecule has 0 unspecified atom stereocenters. The Morgan fingerprint density at radius 3 is 2.30 bits per heavy atom. The van der Waals surface area contributed by atoms with Gasteiger partial charge in [0.1, 0.15) is 12.4 Å². The molecule has 2 nitrogen and oxygen atoms in total. The molecule has 20 heavy (non-hydrogen) atoms. The van der Waals surface area contributed by atoms with Gasteiger partial charge in [-0.05, 0) is 35.9 Å². The maximum Gasteiger partial charge on any atom is 0.418 e. The molecule has 0 aromatic heterocycles. The van der Waals surface area contributed by atoms with Crippen LogP contribution in [-0.4, -0.2) is 0 Å². The molecule has 0 aliphatic carbocycles. The van der Waals surface area contributed by atoms with Crippen molar-refractivity contribution in [1.29, 1.82) is 0 Å². The second-order valence-electron chi connectivity index (χ2n) is 4.16. The first kappa shape index (κ1) is 14.5. The summed E-state index contributed by atoms with van der Waals surface area (Å²) in [6.45, 7) is 0.151. The van der Waals surface area contributed by atoms with E-state index in [4.69, 9.17) is 22.1 Å². The van der Waals surface area contributed by atoms with E-state index in [9.17, 15) is 13.2 Å². The van der Waals surface area contributed by atoms with Crippen LogP contribution in [0.3, 0.4) is 0 Å². The van der Waals surface area contributed by atoms with Gasteiger partial charge in [0.25, 0.3) is 0 Å². The Morgan fingerprint density at radius 1 is 1.05 bits per heavy atom. The summed E-state index contributed by atoms with van der Waals surface area (Å²) in [4.78, 5) is 0. The number of hydrogen-bond donors (Lipinski definition) is 1. The Morgan fingerprint density at radius 2 is 1.70 bits per heavy atom. The Labute approximate surface area is 118 Å². The molecule has 2 aromatic carbocycles. The van der Waals surface area contributed by atoms with Crippen LogP contribution in [0.1, 0.15) is 11.1 Å². The SMILES string of the molecule is Nc1ccc(OCc2ccc(Cl)cc2)cc1C(F)(F)F. The highest BCUT2D eigenvalue weighted by molar-refractivity contribution is 6.30. The average Bonchev–Trinajstić information content (AvgIpc) is 2.38. The number of anilines is 1. The summed E-state index contributed by atoms with van der Waals surface area (Å²) >= 11 is 5.74. The highest BCUT2D eigenvalue weighted by Crippen LogP contribution is 2.35. The highest BCUT2D eigenvalue weighted by Gasteiger charge is 2.33. The highest BCUT2D eigenvalue weighted by atomic mass is 35.5. The minimum absolute atomic E-state index is 0.112. The monoisotopic (exact) mass is 301 g/mol. The molecule has 2 rings (SSSR count). The zero-order valence-corrected chi connectivity index (χ0v) is 11.0. The van der Waals surface area contributed by atoms with Crippen molar-refractivity contribution in [2.24, 2.45) is 0 Å². The van der Waals surface area contributed by atoms with Crippen LogP contribution in [0.5, 0.6) is 5.75 Å². The minimum atomic E-state index is -4.50. The van der Waals surface area contributed by atoms with Crippen LogP contribution in [0, 0.1) is 0 Å². The van der Waals surface area contributed by atoms with Crippen molar-refractivity contribution in [3.8, 4) is 5.75 Å². The lowest BCUT2D eigenvalue weighted by Crippen LogP contribution is -2.09. The van der Waals surface area contributed by atoms with E-state index < -0.39 is 11.7 Å². The molecule has 0 atom stereocenters. The van der Waals surface area contributed by atoms with Gasteiger partial charge in [-0.15, -0.1) is 0 Å². The molecule has 6 heteroatoms. The number of benzene rings is 2. The van der Waals surface area contributed by atoms with E-state index in [0.717, 1.165) is 11.6 Å². The third-order valence-electron chi connectivity index (χ3n) is 2.65. The van der Waals surface area contributed by atoms with E-state index >= 15 is 0 Å². The van der Waals surface area contributed by atoms with Crippen molar-refractivity contribution in [3.05, 3.63) is 58.6 Å². The van der Waals surface area contributed by atoms with E-state index in [0.29, 0.717) is 5.02 Å². The normalized spacial score (nSPS) is 11.4. The van der Waals surface area contributed by atoms with Gasteiger partial charge in [-0.3, -0.25) is 0 Å². The molecule has 0 radical (unpaired) electrons. The molecule has 106 valence electrons. The summed E-state index contributed by atoms with van der Waals surface area (Å²) in [7, 11) is 0. The van der Waals surface area contributed by atoms with Crippen molar-refractivity contribution in [1.82, 2.24) is 0 Å². The number of halogens is 4. The molecular formula is C14H11ClF3NO. The summed E-state index contributed by atoms with van der Waals surface area (Å²) < 4.78 is 43.4. The third kappa shape index (κ3) is 3.57. The zero-order valence-electron chi connectivity index (χ0n) is 10.2. The lowest BCUT2D eigenvalue weighted by atomic mass is 10.1. The number of alkyl halides is 3. The predicted octanol–water partition coefficient (Wildman–Crippen LogP) is 4.52. The van der Waals surface area contributed by atoms with E-state index in [1.54, 1.807) is 24.3 Å². The maximum absolute atomic E-state index is 12.7. The van der Waals surface area contributed by atoms with Gasteiger partial charge >= 0.3 is 6.18 Å². The quantitative estimate of drug-likeness (QED) is 0.846. The molecule has 0 bridgehead atoms. The maximum atomic E-state index is 12.7. The van der Waals surface area contributed by atoms with Crippen molar-refractivity contribution in [3.63, 3.8) is 0 Å². The van der Waals surface area contributed by atoms with Crippen molar-refractivity contribution in [2.45, 2.75) is 12.8 Å². The molecule has 0 saturated heterocycles. The molecule has 0 heterocycles. The molecule has 0 aliphatic rings. The van der Waals surface area contributed by atoms with Crippen LogP contribution in [0.4, 0.5) is 18.9 Å². The molecule has 2 N–H and O–H groups in total.